The molecule has 1 saturated heterocycles. The van der Waals surface area contributed by atoms with Gasteiger partial charge in [0.25, 0.3) is 0 Å². The van der Waals surface area contributed by atoms with E-state index >= 15 is 0 Å². The first-order valence-electron chi connectivity index (χ1n) is 8.99. The van der Waals surface area contributed by atoms with E-state index in [1.54, 1.807) is 66.6 Å². The zero-order chi connectivity index (χ0) is 19.9. The van der Waals surface area contributed by atoms with Crippen LogP contribution in [0.4, 0.5) is 5.69 Å². The van der Waals surface area contributed by atoms with E-state index in [4.69, 9.17) is 9.47 Å². The minimum Gasteiger partial charge on any atom is -0.497 e. The third-order valence-corrected chi connectivity index (χ3v) is 4.45. The Balaban J connectivity index is 1.50. The maximum atomic E-state index is 12.2. The molecule has 1 heterocycles. The maximum Gasteiger partial charge on any atom is 0.331 e. The van der Waals surface area contributed by atoms with Crippen molar-refractivity contribution in [2.24, 2.45) is 0 Å². The Hall–Kier alpha value is -3.41. The molecule has 3 rings (SSSR count). The Morgan fingerprint density at radius 1 is 1.07 bits per heavy atom. The summed E-state index contributed by atoms with van der Waals surface area (Å²) in [7, 11) is 1.58. The SMILES string of the molecule is COc1ccc(/C=C/C(=O)OCC(=O)c2ccc(N3CCCC3=O)cc2)cc1. The average molecular weight is 379 g/mol. The molecule has 1 aliphatic heterocycles. The summed E-state index contributed by atoms with van der Waals surface area (Å²) in [6.45, 7) is 0.359. The zero-order valence-corrected chi connectivity index (χ0v) is 15.6. The summed E-state index contributed by atoms with van der Waals surface area (Å²) in [5.74, 6) is -0.0731. The van der Waals surface area contributed by atoms with Gasteiger partial charge in [0.05, 0.1) is 7.11 Å². The number of carbonyl (C=O) groups is 3. The van der Waals surface area contributed by atoms with Crippen LogP contribution in [0.25, 0.3) is 6.08 Å². The van der Waals surface area contributed by atoms with E-state index in [0.29, 0.717) is 18.5 Å². The Kier molecular flexibility index (Phi) is 6.22. The van der Waals surface area contributed by atoms with Crippen molar-refractivity contribution in [2.75, 3.05) is 25.2 Å². The molecule has 2 aromatic carbocycles. The summed E-state index contributed by atoms with van der Waals surface area (Å²) in [6.07, 6.45) is 4.28. The number of hydrogen-bond donors (Lipinski definition) is 0. The van der Waals surface area contributed by atoms with Crippen molar-refractivity contribution in [1.82, 2.24) is 0 Å². The molecule has 0 radical (unpaired) electrons. The molecule has 1 amide bonds. The number of Topliss-reactive ketones (excluding diaryl/α,β-unsaturated/α-hetero) is 1. The molecule has 28 heavy (non-hydrogen) atoms. The summed E-state index contributed by atoms with van der Waals surface area (Å²) in [5, 5.41) is 0. The van der Waals surface area contributed by atoms with E-state index in [0.717, 1.165) is 23.4 Å². The number of anilines is 1. The van der Waals surface area contributed by atoms with E-state index in [1.165, 1.54) is 6.08 Å². The first kappa shape index (κ1) is 19.4. The lowest BCUT2D eigenvalue weighted by molar-refractivity contribution is -0.136. The Bertz CT molecular complexity index is 884. The minimum absolute atomic E-state index is 0.0941. The quantitative estimate of drug-likeness (QED) is 0.419. The fourth-order valence-corrected chi connectivity index (χ4v) is 2.90. The van der Waals surface area contributed by atoms with Gasteiger partial charge in [-0.25, -0.2) is 4.79 Å². The summed E-state index contributed by atoms with van der Waals surface area (Å²) in [4.78, 5) is 37.5. The van der Waals surface area contributed by atoms with Gasteiger partial charge >= 0.3 is 5.97 Å². The third-order valence-electron chi connectivity index (χ3n) is 4.45. The lowest BCUT2D eigenvalue weighted by Gasteiger charge is -2.15. The number of amides is 1. The molecule has 0 N–H and O–H groups in total. The van der Waals surface area contributed by atoms with Crippen LogP contribution in [-0.2, 0) is 14.3 Å². The number of ether oxygens (including phenoxy) is 2. The van der Waals surface area contributed by atoms with Gasteiger partial charge in [-0.2, -0.15) is 0 Å². The van der Waals surface area contributed by atoms with Crippen LogP contribution >= 0.6 is 0 Å². The van der Waals surface area contributed by atoms with E-state index in [1.807, 2.05) is 0 Å². The van der Waals surface area contributed by atoms with Crippen molar-refractivity contribution >= 4 is 29.4 Å². The van der Waals surface area contributed by atoms with Crippen molar-refractivity contribution in [2.45, 2.75) is 12.8 Å². The van der Waals surface area contributed by atoms with Crippen LogP contribution < -0.4 is 9.64 Å². The highest BCUT2D eigenvalue weighted by atomic mass is 16.5. The van der Waals surface area contributed by atoms with E-state index in [2.05, 4.69) is 0 Å². The van der Waals surface area contributed by atoms with Gasteiger partial charge in [0, 0.05) is 30.3 Å². The van der Waals surface area contributed by atoms with Crippen LogP contribution in [0.1, 0.15) is 28.8 Å². The van der Waals surface area contributed by atoms with Crippen LogP contribution in [0.15, 0.2) is 54.6 Å². The molecule has 0 atom stereocenters. The molecule has 2 aromatic rings. The molecule has 0 aromatic heterocycles. The zero-order valence-electron chi connectivity index (χ0n) is 15.6. The van der Waals surface area contributed by atoms with Gasteiger partial charge in [-0.05, 0) is 54.5 Å². The maximum absolute atomic E-state index is 12.2. The normalized spacial score (nSPS) is 13.8. The van der Waals surface area contributed by atoms with Crippen molar-refractivity contribution < 1.29 is 23.9 Å². The van der Waals surface area contributed by atoms with Crippen LogP contribution in [-0.4, -0.2) is 37.9 Å². The smallest absolute Gasteiger partial charge is 0.331 e. The van der Waals surface area contributed by atoms with Gasteiger partial charge in [-0.15, -0.1) is 0 Å². The van der Waals surface area contributed by atoms with Crippen molar-refractivity contribution in [3.63, 3.8) is 0 Å². The topological polar surface area (TPSA) is 72.9 Å². The molecule has 0 unspecified atom stereocenters. The number of hydrogen-bond acceptors (Lipinski definition) is 5. The predicted molar refractivity (Wildman–Crippen MR) is 105 cm³/mol. The van der Waals surface area contributed by atoms with Gasteiger partial charge in [-0.1, -0.05) is 12.1 Å². The average Bonchev–Trinajstić information content (AvgIpc) is 3.16. The highest BCUT2D eigenvalue weighted by Gasteiger charge is 2.21. The number of methoxy groups -OCH3 is 1. The molecular formula is C22H21NO5. The lowest BCUT2D eigenvalue weighted by Crippen LogP contribution is -2.23. The van der Waals surface area contributed by atoms with Crippen LogP contribution in [0.2, 0.25) is 0 Å². The molecule has 1 aliphatic rings. The van der Waals surface area contributed by atoms with Gasteiger partial charge in [0.1, 0.15) is 5.75 Å². The summed E-state index contributed by atoms with van der Waals surface area (Å²) in [5.41, 5.74) is 2.02. The highest BCUT2D eigenvalue weighted by Crippen LogP contribution is 2.21. The number of esters is 1. The number of rotatable bonds is 7. The van der Waals surface area contributed by atoms with Crippen LogP contribution in [0.5, 0.6) is 5.75 Å². The first-order valence-corrected chi connectivity index (χ1v) is 8.99. The van der Waals surface area contributed by atoms with E-state index in [9.17, 15) is 14.4 Å². The molecule has 6 heteroatoms. The Morgan fingerprint density at radius 2 is 1.79 bits per heavy atom. The first-order chi connectivity index (χ1) is 13.6. The monoisotopic (exact) mass is 379 g/mol. The van der Waals surface area contributed by atoms with Gasteiger partial charge < -0.3 is 14.4 Å². The molecule has 0 aliphatic carbocycles. The summed E-state index contributed by atoms with van der Waals surface area (Å²) < 4.78 is 10.1. The lowest BCUT2D eigenvalue weighted by atomic mass is 10.1. The molecule has 6 nitrogen and oxygen atoms in total. The standard InChI is InChI=1S/C22H21NO5/c1-27-19-11-4-16(5-12-19)6-13-22(26)28-15-20(24)17-7-9-18(10-8-17)23-14-2-3-21(23)25/h4-13H,2-3,14-15H2,1H3/b13-6+. The van der Waals surface area contributed by atoms with Crippen molar-refractivity contribution in [3.8, 4) is 5.75 Å². The van der Waals surface area contributed by atoms with Crippen LogP contribution in [0.3, 0.4) is 0 Å². The molecule has 1 fully saturated rings. The van der Waals surface area contributed by atoms with Crippen molar-refractivity contribution in [3.05, 3.63) is 65.7 Å². The molecular weight excluding hydrogens is 358 g/mol. The largest absolute Gasteiger partial charge is 0.497 e. The minimum atomic E-state index is -0.594. The molecule has 0 spiro atoms. The number of nitrogens with zero attached hydrogens (tertiary/aromatic N) is 1. The van der Waals surface area contributed by atoms with Gasteiger partial charge in [-0.3, -0.25) is 9.59 Å². The molecule has 0 saturated carbocycles. The number of benzene rings is 2. The third kappa shape index (κ3) is 4.85. The van der Waals surface area contributed by atoms with E-state index < -0.39 is 5.97 Å². The fraction of sp³-hybridized carbons (Fsp3) is 0.227. The molecule has 144 valence electrons. The second kappa shape index (κ2) is 8.99. The second-order valence-electron chi connectivity index (χ2n) is 6.33. The fourth-order valence-electron chi connectivity index (χ4n) is 2.90. The Labute approximate surface area is 163 Å². The summed E-state index contributed by atoms with van der Waals surface area (Å²) >= 11 is 0. The highest BCUT2D eigenvalue weighted by molar-refractivity contribution is 6.00. The van der Waals surface area contributed by atoms with Crippen LogP contribution in [0, 0.1) is 0 Å². The Morgan fingerprint density at radius 3 is 2.39 bits per heavy atom. The summed E-state index contributed by atoms with van der Waals surface area (Å²) in [6, 6.07) is 13.9. The van der Waals surface area contributed by atoms with Gasteiger partial charge in [0.2, 0.25) is 5.91 Å². The van der Waals surface area contributed by atoms with Gasteiger partial charge in [0.15, 0.2) is 12.4 Å². The van der Waals surface area contributed by atoms with Crippen molar-refractivity contribution in [1.29, 1.82) is 0 Å². The number of ketones is 1. The van der Waals surface area contributed by atoms with E-state index in [-0.39, 0.29) is 18.3 Å². The second-order valence-corrected chi connectivity index (χ2v) is 6.33. The predicted octanol–water partition coefficient (Wildman–Crippen LogP) is 3.26. The molecule has 0 bridgehead atoms. The number of carbonyl (C=O) groups excluding carboxylic acids is 3.